The van der Waals surface area contributed by atoms with Gasteiger partial charge < -0.3 is 24.9 Å². The molecule has 4 N–H and O–H groups in total. The molecule has 0 radical (unpaired) electrons. The smallest absolute Gasteiger partial charge is 0.490 e. The van der Waals surface area contributed by atoms with Crippen molar-refractivity contribution in [2.75, 3.05) is 17.7 Å². The largest absolute Gasteiger partial charge is 0.496 e. The van der Waals surface area contributed by atoms with Crippen LogP contribution in [0.25, 0.3) is 11.1 Å². The van der Waals surface area contributed by atoms with E-state index in [0.717, 1.165) is 17.0 Å². The molecule has 2 heterocycles. The highest BCUT2D eigenvalue weighted by atomic mass is 35.5. The van der Waals surface area contributed by atoms with Gasteiger partial charge in [-0.1, -0.05) is 17.7 Å². The number of H-pyrrole nitrogens is 1. The van der Waals surface area contributed by atoms with Crippen LogP contribution in [0.4, 0.5) is 36.3 Å². The monoisotopic (exact) mass is 511 g/mol. The number of ether oxygens (including phenoxy) is 1. The summed E-state index contributed by atoms with van der Waals surface area (Å²) >= 11 is 6.23. The number of methoxy groups -OCH3 is 1. The van der Waals surface area contributed by atoms with E-state index < -0.39 is 17.9 Å². The Morgan fingerprint density at radius 3 is 2.49 bits per heavy atom. The van der Waals surface area contributed by atoms with Crippen LogP contribution in [0.1, 0.15) is 5.56 Å². The number of benzene rings is 2. The van der Waals surface area contributed by atoms with Crippen LogP contribution in [0.2, 0.25) is 5.02 Å². The Kier molecular flexibility index (Phi) is 7.49. The van der Waals surface area contributed by atoms with Crippen molar-refractivity contribution in [2.45, 2.75) is 13.1 Å². The number of halogens is 4. The van der Waals surface area contributed by atoms with Gasteiger partial charge >= 0.3 is 17.9 Å². The third kappa shape index (κ3) is 6.63. The van der Waals surface area contributed by atoms with Crippen molar-refractivity contribution in [3.8, 4) is 5.75 Å². The number of anilines is 4. The Balaban J connectivity index is 0.000000429. The number of aryl methyl sites for hydroxylation is 1. The Bertz CT molecular complexity index is 1420. The summed E-state index contributed by atoms with van der Waals surface area (Å²) in [5.74, 6) is -1.71. The summed E-state index contributed by atoms with van der Waals surface area (Å²) in [4.78, 5) is 31.4. The maximum atomic E-state index is 11.3. The van der Waals surface area contributed by atoms with Crippen molar-refractivity contribution in [2.24, 2.45) is 0 Å². The lowest BCUT2D eigenvalue weighted by Gasteiger charge is -2.11. The number of nitrogens with zero attached hydrogens (tertiary/aromatic N) is 2. The molecule has 0 fully saturated rings. The van der Waals surface area contributed by atoms with Gasteiger partial charge in [0.25, 0.3) is 0 Å². The van der Waals surface area contributed by atoms with Crippen LogP contribution in [0.3, 0.4) is 0 Å². The van der Waals surface area contributed by atoms with Gasteiger partial charge in [0.15, 0.2) is 11.4 Å². The number of nitrogens with one attached hydrogen (secondary N) is 3. The number of carboxylic acids is 1. The van der Waals surface area contributed by atoms with Crippen LogP contribution in [0.15, 0.2) is 51.8 Å². The average Bonchev–Trinajstić information content (AvgIpc) is 3.16. The first-order valence-corrected chi connectivity index (χ1v) is 9.98. The molecular weight excluding hydrogens is 495 g/mol. The van der Waals surface area contributed by atoms with E-state index in [2.05, 4.69) is 25.6 Å². The van der Waals surface area contributed by atoms with Gasteiger partial charge in [0, 0.05) is 17.4 Å². The van der Waals surface area contributed by atoms with Gasteiger partial charge in [-0.25, -0.2) is 14.6 Å². The van der Waals surface area contributed by atoms with E-state index in [9.17, 15) is 18.0 Å². The third-order valence-corrected chi connectivity index (χ3v) is 4.61. The van der Waals surface area contributed by atoms with Crippen LogP contribution in [0.5, 0.6) is 5.75 Å². The van der Waals surface area contributed by atoms with Crippen molar-refractivity contribution < 1.29 is 32.2 Å². The molecule has 0 saturated heterocycles. The number of hydrogen-bond acceptors (Lipinski definition) is 8. The van der Waals surface area contributed by atoms with E-state index in [1.54, 1.807) is 25.3 Å². The van der Waals surface area contributed by atoms with Crippen molar-refractivity contribution in [3.63, 3.8) is 0 Å². The van der Waals surface area contributed by atoms with Gasteiger partial charge in [0.1, 0.15) is 10.8 Å². The predicted octanol–water partition coefficient (Wildman–Crippen LogP) is 5.00. The number of aromatic amines is 1. The molecule has 10 nitrogen and oxygen atoms in total. The Labute approximate surface area is 199 Å². The molecule has 0 aliphatic carbocycles. The molecule has 0 saturated carbocycles. The Morgan fingerprint density at radius 1 is 1.17 bits per heavy atom. The lowest BCUT2D eigenvalue weighted by atomic mass is 10.2. The van der Waals surface area contributed by atoms with Crippen molar-refractivity contribution in [1.29, 1.82) is 0 Å². The number of hydrogen-bond donors (Lipinski definition) is 4. The summed E-state index contributed by atoms with van der Waals surface area (Å²) in [5, 5.41) is 13.7. The highest BCUT2D eigenvalue weighted by molar-refractivity contribution is 6.32. The fourth-order valence-corrected chi connectivity index (χ4v) is 2.85. The number of carbonyl (C=O) groups is 1. The summed E-state index contributed by atoms with van der Waals surface area (Å²) in [6, 6.07) is 10.9. The van der Waals surface area contributed by atoms with Gasteiger partial charge in [-0.3, -0.25) is 4.98 Å². The van der Waals surface area contributed by atoms with E-state index in [-0.39, 0.29) is 0 Å². The van der Waals surface area contributed by atoms with Crippen LogP contribution < -0.4 is 21.1 Å². The Hall–Kier alpha value is -4.26. The first-order chi connectivity index (χ1) is 16.5. The first kappa shape index (κ1) is 25.4. The van der Waals surface area contributed by atoms with Crippen LogP contribution in [0, 0.1) is 6.92 Å². The number of alkyl halides is 3. The van der Waals surface area contributed by atoms with Crippen molar-refractivity contribution in [1.82, 2.24) is 15.0 Å². The molecule has 0 spiro atoms. The fourth-order valence-electron chi connectivity index (χ4n) is 2.71. The molecule has 4 aromatic rings. The summed E-state index contributed by atoms with van der Waals surface area (Å²) in [5.41, 5.74) is 3.55. The van der Waals surface area contributed by atoms with Gasteiger partial charge in [-0.05, 0) is 36.8 Å². The topological polar surface area (TPSA) is 142 Å². The first-order valence-electron chi connectivity index (χ1n) is 9.60. The molecule has 35 heavy (non-hydrogen) atoms. The summed E-state index contributed by atoms with van der Waals surface area (Å²) < 4.78 is 42.1. The quantitative estimate of drug-likeness (QED) is 0.291. The minimum Gasteiger partial charge on any atom is -0.496 e. The normalized spacial score (nSPS) is 10.9. The molecule has 14 heteroatoms. The minimum absolute atomic E-state index is 0.354. The second-order valence-electron chi connectivity index (χ2n) is 6.85. The van der Waals surface area contributed by atoms with Gasteiger partial charge in [-0.15, -0.1) is 0 Å². The molecule has 0 aliphatic rings. The second kappa shape index (κ2) is 10.3. The molecule has 0 atom stereocenters. The zero-order valence-corrected chi connectivity index (χ0v) is 18.8. The second-order valence-corrected chi connectivity index (χ2v) is 7.26. The molecule has 2 aromatic carbocycles. The third-order valence-electron chi connectivity index (χ3n) is 4.33. The number of oxazole rings is 1. The summed E-state index contributed by atoms with van der Waals surface area (Å²) in [7, 11) is 1.62. The zero-order valence-electron chi connectivity index (χ0n) is 18.0. The van der Waals surface area contributed by atoms with Crippen LogP contribution in [-0.4, -0.2) is 39.3 Å². The molecule has 184 valence electrons. The molecular formula is C21H17ClF3N5O5. The van der Waals surface area contributed by atoms with Crippen LogP contribution >= 0.6 is 11.6 Å². The maximum absolute atomic E-state index is 11.3. The van der Waals surface area contributed by atoms with E-state index >= 15 is 0 Å². The molecule has 0 unspecified atom stereocenters. The lowest BCUT2D eigenvalue weighted by Crippen LogP contribution is -2.21. The fraction of sp³-hybridized carbons (Fsp3) is 0.143. The van der Waals surface area contributed by atoms with Gasteiger partial charge in [0.05, 0.1) is 18.8 Å². The molecule has 0 aliphatic heterocycles. The standard InChI is InChI=1S/C19H16ClN5O3.C2HF3O2/c1-10-3-4-12(8-16(10)27-2)23-18-21-9-13(20)17(25-18)22-11-5-6-15-14(7-11)24-19(26)28-15;3-2(4,5)1(6)7/h3-9H,1-2H3,(H,24,26)(H2,21,22,23,25);(H,6,7). The van der Waals surface area contributed by atoms with Crippen LogP contribution in [-0.2, 0) is 4.79 Å². The summed E-state index contributed by atoms with van der Waals surface area (Å²) in [6.45, 7) is 1.97. The minimum atomic E-state index is -5.08. The van der Waals surface area contributed by atoms with Crippen molar-refractivity contribution in [3.05, 3.63) is 63.7 Å². The maximum Gasteiger partial charge on any atom is 0.490 e. The number of carboxylic acid groups (broad SMARTS) is 1. The number of aromatic nitrogens is 3. The van der Waals surface area contributed by atoms with Crippen molar-refractivity contribution >= 4 is 51.8 Å². The average molecular weight is 512 g/mol. The zero-order chi connectivity index (χ0) is 25.8. The number of fused-ring (bicyclic) bond motifs is 1. The highest BCUT2D eigenvalue weighted by Crippen LogP contribution is 2.28. The van der Waals surface area contributed by atoms with Gasteiger partial charge in [0.2, 0.25) is 5.95 Å². The van der Waals surface area contributed by atoms with E-state index in [1.165, 1.54) is 6.20 Å². The lowest BCUT2D eigenvalue weighted by molar-refractivity contribution is -0.192. The molecule has 0 bridgehead atoms. The molecule has 4 rings (SSSR count). The van der Waals surface area contributed by atoms with E-state index in [0.29, 0.717) is 33.6 Å². The number of rotatable bonds is 5. The molecule has 2 aromatic heterocycles. The summed E-state index contributed by atoms with van der Waals surface area (Å²) in [6.07, 6.45) is -3.58. The molecule has 0 amide bonds. The Morgan fingerprint density at radius 2 is 1.83 bits per heavy atom. The highest BCUT2D eigenvalue weighted by Gasteiger charge is 2.38. The van der Waals surface area contributed by atoms with E-state index in [4.69, 9.17) is 30.7 Å². The van der Waals surface area contributed by atoms with Gasteiger partial charge in [-0.2, -0.15) is 18.2 Å². The van der Waals surface area contributed by atoms with E-state index in [1.807, 2.05) is 25.1 Å². The SMILES string of the molecule is COc1cc(Nc2ncc(Cl)c(Nc3ccc4oc(=O)[nH]c4c3)n2)ccc1C.O=C(O)C(F)(F)F. The predicted molar refractivity (Wildman–Crippen MR) is 122 cm³/mol. The number of aliphatic carboxylic acids is 1.